The quantitative estimate of drug-likeness (QED) is 0.0869. The van der Waals surface area contributed by atoms with Gasteiger partial charge in [-0.1, -0.05) is 140 Å². The van der Waals surface area contributed by atoms with Crippen molar-refractivity contribution in [3.05, 3.63) is 203 Å². The van der Waals surface area contributed by atoms with Crippen LogP contribution in [0, 0.1) is 0 Å². The van der Waals surface area contributed by atoms with Gasteiger partial charge in [0.1, 0.15) is 29.8 Å². The van der Waals surface area contributed by atoms with Crippen LogP contribution in [0.5, 0.6) is 11.5 Å². The van der Waals surface area contributed by atoms with Crippen molar-refractivity contribution in [2.24, 2.45) is 0 Å². The molecule has 58 heavy (non-hydrogen) atoms. The van der Waals surface area contributed by atoms with Crippen molar-refractivity contribution in [2.45, 2.75) is 68.3 Å². The molecule has 1 unspecified atom stereocenters. The molecule has 1 heterocycles. The highest BCUT2D eigenvalue weighted by atomic mass is 32.2. The molecular formula is C50H52O7S. The minimum atomic E-state index is -1.66. The number of benzene rings is 6. The number of hydrogen-bond acceptors (Lipinski definition) is 8. The van der Waals surface area contributed by atoms with Crippen LogP contribution in [0.15, 0.2) is 164 Å². The van der Waals surface area contributed by atoms with Crippen molar-refractivity contribution in [2.75, 3.05) is 20.3 Å². The Bertz CT molecular complexity index is 2100. The molecule has 0 radical (unpaired) electrons. The van der Waals surface area contributed by atoms with E-state index < -0.39 is 23.2 Å². The van der Waals surface area contributed by atoms with Crippen LogP contribution in [-0.2, 0) is 56.7 Å². The average Bonchev–Trinajstić information content (AvgIpc) is 3.27. The van der Waals surface area contributed by atoms with Gasteiger partial charge in [0.2, 0.25) is 0 Å². The third-order valence-electron chi connectivity index (χ3n) is 10.2. The van der Waals surface area contributed by atoms with Gasteiger partial charge in [0.15, 0.2) is 4.93 Å². The van der Waals surface area contributed by atoms with E-state index in [0.29, 0.717) is 37.6 Å². The summed E-state index contributed by atoms with van der Waals surface area (Å²) in [5, 5.41) is 13.2. The maximum absolute atomic E-state index is 13.6. The first-order chi connectivity index (χ1) is 28.5. The fourth-order valence-electron chi connectivity index (χ4n) is 7.32. The van der Waals surface area contributed by atoms with Crippen LogP contribution in [0.25, 0.3) is 0 Å². The summed E-state index contributed by atoms with van der Waals surface area (Å²) in [7, 11) is 1.64. The Labute approximate surface area is 346 Å². The number of rotatable bonds is 19. The monoisotopic (exact) mass is 796 g/mol. The van der Waals surface area contributed by atoms with E-state index in [9.17, 15) is 5.11 Å². The third-order valence-corrected chi connectivity index (χ3v) is 11.8. The average molecular weight is 797 g/mol. The number of ether oxygens (including phenoxy) is 6. The summed E-state index contributed by atoms with van der Waals surface area (Å²) in [5.41, 5.74) is 6.80. The number of aliphatic hydroxyl groups is 1. The Balaban J connectivity index is 1.30. The normalized spacial score (nSPS) is 20.4. The van der Waals surface area contributed by atoms with E-state index in [2.05, 4.69) is 24.3 Å². The first-order valence-corrected chi connectivity index (χ1v) is 20.8. The molecule has 1 N–H and O–H groups in total. The van der Waals surface area contributed by atoms with Gasteiger partial charge >= 0.3 is 0 Å². The van der Waals surface area contributed by atoms with E-state index in [1.165, 1.54) is 11.8 Å². The number of thioether (sulfide) groups is 1. The Morgan fingerprint density at radius 2 is 1.05 bits per heavy atom. The molecule has 1 fully saturated rings. The lowest BCUT2D eigenvalue weighted by molar-refractivity contribution is -0.199. The van der Waals surface area contributed by atoms with Crippen molar-refractivity contribution < 1.29 is 33.5 Å². The molecule has 0 spiro atoms. The molecule has 7 nitrogen and oxygen atoms in total. The van der Waals surface area contributed by atoms with Crippen molar-refractivity contribution in [1.29, 1.82) is 0 Å². The largest absolute Gasteiger partial charge is 0.496 e. The zero-order valence-electron chi connectivity index (χ0n) is 33.2. The van der Waals surface area contributed by atoms with Gasteiger partial charge in [-0.2, -0.15) is 0 Å². The van der Waals surface area contributed by atoms with Crippen molar-refractivity contribution in [1.82, 2.24) is 0 Å². The van der Waals surface area contributed by atoms with E-state index >= 15 is 0 Å². The summed E-state index contributed by atoms with van der Waals surface area (Å²) < 4.78 is 39.1. The minimum absolute atomic E-state index is 0.244. The number of methoxy groups -OCH3 is 1. The summed E-state index contributed by atoms with van der Waals surface area (Å²) in [6, 6.07) is 54.5. The lowest BCUT2D eigenvalue weighted by atomic mass is 9.91. The molecule has 300 valence electrons. The molecule has 0 saturated carbocycles. The first kappa shape index (κ1) is 41.2. The predicted molar refractivity (Wildman–Crippen MR) is 230 cm³/mol. The van der Waals surface area contributed by atoms with Crippen molar-refractivity contribution in [3.8, 4) is 11.5 Å². The zero-order chi connectivity index (χ0) is 40.0. The molecular weight excluding hydrogens is 745 g/mol. The third kappa shape index (κ3) is 10.8. The minimum Gasteiger partial charge on any atom is -0.496 e. The highest BCUT2D eigenvalue weighted by Gasteiger charge is 2.57. The highest BCUT2D eigenvalue weighted by molar-refractivity contribution is 8.00. The van der Waals surface area contributed by atoms with Crippen LogP contribution < -0.4 is 9.47 Å². The Kier molecular flexibility index (Phi) is 14.7. The highest BCUT2D eigenvalue weighted by Crippen LogP contribution is 2.53. The van der Waals surface area contributed by atoms with Gasteiger partial charge in [0.25, 0.3) is 0 Å². The molecule has 1 aliphatic heterocycles. The maximum Gasteiger partial charge on any atom is 0.168 e. The van der Waals surface area contributed by atoms with Crippen LogP contribution in [0.1, 0.15) is 45.9 Å². The van der Waals surface area contributed by atoms with E-state index in [1.54, 1.807) is 7.11 Å². The molecule has 0 aliphatic carbocycles. The molecule has 6 aromatic rings. The van der Waals surface area contributed by atoms with Crippen LogP contribution in [0.3, 0.4) is 0 Å². The molecule has 1 saturated heterocycles. The molecule has 0 aromatic heterocycles. The van der Waals surface area contributed by atoms with Gasteiger partial charge < -0.3 is 33.5 Å². The van der Waals surface area contributed by atoms with Gasteiger partial charge in [-0.25, -0.2) is 0 Å². The Hall–Kier alpha value is -4.93. The molecule has 0 bridgehead atoms. The van der Waals surface area contributed by atoms with Gasteiger partial charge in [-0.15, -0.1) is 11.8 Å². The van der Waals surface area contributed by atoms with Gasteiger partial charge in [-0.05, 0) is 71.0 Å². The molecule has 0 amide bonds. The van der Waals surface area contributed by atoms with Crippen LogP contribution in [0.2, 0.25) is 0 Å². The van der Waals surface area contributed by atoms with Gasteiger partial charge in [0.05, 0.1) is 52.0 Å². The lowest BCUT2D eigenvalue weighted by Crippen LogP contribution is -2.61. The van der Waals surface area contributed by atoms with Crippen molar-refractivity contribution >= 4 is 11.8 Å². The standard InChI is InChI=1S/C50H52O7S/c1-3-54-43-27-24-37(25-28-43)30-42-26-29-45(52-2)44(31-42)50(51)49(57-35-41-22-14-7-15-23-41)48(56-34-40-20-12-6-13-21-40)47(55-33-39-18-10-5-11-19-39)46(58-50)36-53-32-38-16-8-4-9-17-38/h4-29,31,46-49,51H,3,30,32-36H2,1-2H3/t46-,47-,48+,49-,50?/m1/s1. The zero-order valence-corrected chi connectivity index (χ0v) is 34.0. The van der Waals surface area contributed by atoms with E-state index in [-0.39, 0.29) is 25.1 Å². The maximum atomic E-state index is 13.6. The van der Waals surface area contributed by atoms with Gasteiger partial charge in [-0.3, -0.25) is 0 Å². The Morgan fingerprint density at radius 1 is 0.552 bits per heavy atom. The summed E-state index contributed by atoms with van der Waals surface area (Å²) in [4.78, 5) is -1.66. The lowest BCUT2D eigenvalue weighted by Gasteiger charge is -2.50. The molecule has 6 aromatic carbocycles. The van der Waals surface area contributed by atoms with Crippen LogP contribution in [-0.4, -0.2) is 49.0 Å². The van der Waals surface area contributed by atoms with Crippen LogP contribution in [0.4, 0.5) is 0 Å². The van der Waals surface area contributed by atoms with E-state index in [1.807, 2.05) is 146 Å². The fraction of sp³-hybridized carbons (Fsp3) is 0.280. The SMILES string of the molecule is CCOc1ccc(Cc2ccc(OC)c(C3(O)S[C@H](COCc4ccccc4)[C@@H](OCc4ccccc4)[C@H](OCc4ccccc4)[C@H]3OCc3ccccc3)c2)cc1. The van der Waals surface area contributed by atoms with Crippen LogP contribution >= 0.6 is 11.8 Å². The fourth-order valence-corrected chi connectivity index (χ4v) is 8.94. The van der Waals surface area contributed by atoms with E-state index in [4.69, 9.17) is 28.4 Å². The molecule has 1 aliphatic rings. The number of hydrogen-bond donors (Lipinski definition) is 1. The summed E-state index contributed by atoms with van der Waals surface area (Å²) >= 11 is 1.39. The van der Waals surface area contributed by atoms with E-state index in [0.717, 1.165) is 39.1 Å². The molecule has 8 heteroatoms. The predicted octanol–water partition coefficient (Wildman–Crippen LogP) is 9.92. The Morgan fingerprint density at radius 3 is 1.59 bits per heavy atom. The second-order valence-electron chi connectivity index (χ2n) is 14.4. The van der Waals surface area contributed by atoms with Crippen molar-refractivity contribution in [3.63, 3.8) is 0 Å². The molecule has 5 atom stereocenters. The van der Waals surface area contributed by atoms with Gasteiger partial charge in [0, 0.05) is 5.56 Å². The summed E-state index contributed by atoms with van der Waals surface area (Å²) in [5.74, 6) is 1.38. The summed E-state index contributed by atoms with van der Waals surface area (Å²) in [6.45, 7) is 4.16. The summed E-state index contributed by atoms with van der Waals surface area (Å²) in [6.07, 6.45) is -1.53. The molecule has 7 rings (SSSR count). The first-order valence-electron chi connectivity index (χ1n) is 19.9. The second-order valence-corrected chi connectivity index (χ2v) is 15.8. The smallest absolute Gasteiger partial charge is 0.168 e. The second kappa shape index (κ2) is 20.7. The topological polar surface area (TPSA) is 75.6 Å².